The number of benzene rings is 3. The summed E-state index contributed by atoms with van der Waals surface area (Å²) in [5.41, 5.74) is 1.58. The Labute approximate surface area is 193 Å². The lowest BCUT2D eigenvalue weighted by atomic mass is 10.2. The highest BCUT2D eigenvalue weighted by molar-refractivity contribution is 7.98. The minimum atomic E-state index is -3.71. The molecule has 0 aliphatic rings. The lowest BCUT2D eigenvalue weighted by Crippen LogP contribution is -2.30. The Balaban J connectivity index is 1.75. The molecule has 0 atom stereocenters. The van der Waals surface area contributed by atoms with E-state index in [9.17, 15) is 13.2 Å². The van der Waals surface area contributed by atoms with Crippen LogP contribution < -0.4 is 14.4 Å². The second kappa shape index (κ2) is 10.6. The molecule has 0 bridgehead atoms. The Morgan fingerprint density at radius 1 is 0.938 bits per heavy atom. The van der Waals surface area contributed by atoms with Crippen LogP contribution in [0.25, 0.3) is 0 Å². The van der Waals surface area contributed by atoms with Crippen molar-refractivity contribution < 1.29 is 17.9 Å². The van der Waals surface area contributed by atoms with Gasteiger partial charge in [-0.05, 0) is 92.9 Å². The molecule has 0 unspecified atom stereocenters. The molecule has 1 N–H and O–H groups in total. The minimum Gasteiger partial charge on any atom is -0.494 e. The van der Waals surface area contributed by atoms with Crippen LogP contribution in [0.2, 0.25) is 0 Å². The molecule has 32 heavy (non-hydrogen) atoms. The van der Waals surface area contributed by atoms with Gasteiger partial charge in [-0.3, -0.25) is 9.10 Å². The summed E-state index contributed by atoms with van der Waals surface area (Å²) in [6, 6.07) is 20.5. The number of anilines is 2. The fraction of sp³-hybridized carbons (Fsp3) is 0.208. The lowest BCUT2D eigenvalue weighted by Gasteiger charge is -2.23. The third-order valence-corrected chi connectivity index (χ3v) is 7.44. The summed E-state index contributed by atoms with van der Waals surface area (Å²) in [7, 11) is -3.71. The van der Waals surface area contributed by atoms with E-state index in [4.69, 9.17) is 4.74 Å². The summed E-state index contributed by atoms with van der Waals surface area (Å²) in [5.74, 6) is 0.457. The van der Waals surface area contributed by atoms with Crippen molar-refractivity contribution in [1.82, 2.24) is 0 Å². The van der Waals surface area contributed by atoms with E-state index in [1.807, 2.05) is 13.2 Å². The molecule has 0 fully saturated rings. The average molecular weight is 471 g/mol. The van der Waals surface area contributed by atoms with Crippen molar-refractivity contribution in [1.29, 1.82) is 0 Å². The highest BCUT2D eigenvalue weighted by Gasteiger charge is 2.23. The van der Waals surface area contributed by atoms with Gasteiger partial charge in [-0.15, -0.1) is 11.8 Å². The van der Waals surface area contributed by atoms with E-state index in [1.165, 1.54) is 4.31 Å². The van der Waals surface area contributed by atoms with Gasteiger partial charge >= 0.3 is 0 Å². The average Bonchev–Trinajstić information content (AvgIpc) is 2.81. The number of sulfonamides is 1. The van der Waals surface area contributed by atoms with Gasteiger partial charge in [0.1, 0.15) is 5.75 Å². The monoisotopic (exact) mass is 470 g/mol. The maximum absolute atomic E-state index is 13.1. The Kier molecular flexibility index (Phi) is 7.82. The first-order chi connectivity index (χ1) is 15.4. The molecule has 1 amide bonds. The van der Waals surface area contributed by atoms with Gasteiger partial charge in [0, 0.05) is 22.7 Å². The first-order valence-corrected chi connectivity index (χ1v) is 12.9. The van der Waals surface area contributed by atoms with Gasteiger partial charge in [0.05, 0.1) is 17.2 Å². The van der Waals surface area contributed by atoms with Gasteiger partial charge in [0.2, 0.25) is 0 Å². The third-order valence-electron chi connectivity index (χ3n) is 4.78. The number of thioether (sulfide) groups is 1. The van der Waals surface area contributed by atoms with Crippen molar-refractivity contribution in [3.63, 3.8) is 0 Å². The SMILES string of the molecule is CCOc1ccc(NC(=O)c2ccc(N(CC)S(=O)(=O)c3ccc(SC)cc3)cc2)cc1. The molecule has 0 aromatic heterocycles. The molecule has 3 aromatic rings. The summed E-state index contributed by atoms with van der Waals surface area (Å²) in [6.07, 6.45) is 1.94. The molecular formula is C24H26N2O4S2. The van der Waals surface area contributed by atoms with Gasteiger partial charge < -0.3 is 10.1 Å². The molecular weight excluding hydrogens is 444 g/mol. The first kappa shape index (κ1) is 23.7. The van der Waals surface area contributed by atoms with Crippen LogP contribution in [0.1, 0.15) is 24.2 Å². The number of carbonyl (C=O) groups excluding carboxylic acids is 1. The molecule has 0 radical (unpaired) electrons. The maximum atomic E-state index is 13.1. The van der Waals surface area contributed by atoms with Crippen LogP contribution in [-0.4, -0.2) is 33.7 Å². The first-order valence-electron chi connectivity index (χ1n) is 10.2. The molecule has 0 aliphatic heterocycles. The van der Waals surface area contributed by atoms with E-state index in [0.29, 0.717) is 23.5 Å². The summed E-state index contributed by atoms with van der Waals surface area (Å²) in [6.45, 7) is 4.53. The summed E-state index contributed by atoms with van der Waals surface area (Å²) >= 11 is 1.55. The highest BCUT2D eigenvalue weighted by atomic mass is 32.2. The van der Waals surface area contributed by atoms with Crippen LogP contribution >= 0.6 is 11.8 Å². The summed E-state index contributed by atoms with van der Waals surface area (Å²) in [5, 5.41) is 2.83. The van der Waals surface area contributed by atoms with Gasteiger partial charge in [-0.25, -0.2) is 8.42 Å². The van der Waals surface area contributed by atoms with E-state index >= 15 is 0 Å². The number of hydrogen-bond donors (Lipinski definition) is 1. The van der Waals surface area contributed by atoms with Crippen molar-refractivity contribution in [2.24, 2.45) is 0 Å². The van der Waals surface area contributed by atoms with E-state index < -0.39 is 10.0 Å². The fourth-order valence-electron chi connectivity index (χ4n) is 3.15. The number of carbonyl (C=O) groups is 1. The minimum absolute atomic E-state index is 0.231. The summed E-state index contributed by atoms with van der Waals surface area (Å²) in [4.78, 5) is 13.8. The Bertz CT molecular complexity index is 1140. The van der Waals surface area contributed by atoms with Gasteiger partial charge in [-0.1, -0.05) is 0 Å². The zero-order valence-electron chi connectivity index (χ0n) is 18.2. The van der Waals surface area contributed by atoms with E-state index in [2.05, 4.69) is 5.32 Å². The highest BCUT2D eigenvalue weighted by Crippen LogP contribution is 2.26. The van der Waals surface area contributed by atoms with Crippen molar-refractivity contribution in [2.75, 3.05) is 29.0 Å². The van der Waals surface area contributed by atoms with E-state index in [1.54, 1.807) is 91.5 Å². The zero-order valence-corrected chi connectivity index (χ0v) is 19.9. The van der Waals surface area contributed by atoms with Crippen LogP contribution in [0.5, 0.6) is 5.75 Å². The van der Waals surface area contributed by atoms with Gasteiger partial charge in [0.15, 0.2) is 0 Å². The molecule has 0 spiro atoms. The molecule has 6 nitrogen and oxygen atoms in total. The van der Waals surface area contributed by atoms with Crippen LogP contribution in [0.4, 0.5) is 11.4 Å². The lowest BCUT2D eigenvalue weighted by molar-refractivity contribution is 0.102. The third kappa shape index (κ3) is 5.44. The van der Waals surface area contributed by atoms with Crippen molar-refractivity contribution >= 4 is 39.1 Å². The van der Waals surface area contributed by atoms with Crippen LogP contribution in [0.3, 0.4) is 0 Å². The van der Waals surface area contributed by atoms with Gasteiger partial charge in [0.25, 0.3) is 15.9 Å². The molecule has 168 valence electrons. The molecule has 3 rings (SSSR count). The number of amides is 1. The number of hydrogen-bond acceptors (Lipinski definition) is 5. The Hall–Kier alpha value is -2.97. The van der Waals surface area contributed by atoms with E-state index in [-0.39, 0.29) is 17.3 Å². The van der Waals surface area contributed by atoms with Crippen molar-refractivity contribution in [3.8, 4) is 5.75 Å². The van der Waals surface area contributed by atoms with Crippen LogP contribution in [0.15, 0.2) is 82.6 Å². The molecule has 0 saturated heterocycles. The second-order valence-corrected chi connectivity index (χ2v) is 9.55. The van der Waals surface area contributed by atoms with Crippen LogP contribution in [-0.2, 0) is 10.0 Å². The predicted octanol–water partition coefficient (Wildman–Crippen LogP) is 5.27. The fourth-order valence-corrected chi connectivity index (χ4v) is 5.03. The standard InChI is InChI=1S/C24H26N2O4S2/c1-4-26(32(28,29)23-16-14-22(31-3)15-17-23)20-10-6-18(7-11-20)24(27)25-19-8-12-21(13-9-19)30-5-2/h6-17H,4-5H2,1-3H3,(H,25,27). The molecule has 0 aliphatic carbocycles. The second-order valence-electron chi connectivity index (χ2n) is 6.80. The zero-order chi connectivity index (χ0) is 23.1. The topological polar surface area (TPSA) is 75.7 Å². The summed E-state index contributed by atoms with van der Waals surface area (Å²) < 4.78 is 33.0. The van der Waals surface area contributed by atoms with Crippen molar-refractivity contribution in [2.45, 2.75) is 23.6 Å². The molecule has 8 heteroatoms. The number of nitrogens with zero attached hydrogens (tertiary/aromatic N) is 1. The Morgan fingerprint density at radius 2 is 1.56 bits per heavy atom. The smallest absolute Gasteiger partial charge is 0.264 e. The normalized spacial score (nSPS) is 11.1. The van der Waals surface area contributed by atoms with Crippen molar-refractivity contribution in [3.05, 3.63) is 78.4 Å². The maximum Gasteiger partial charge on any atom is 0.264 e. The number of nitrogens with one attached hydrogen (secondary N) is 1. The van der Waals surface area contributed by atoms with Gasteiger partial charge in [-0.2, -0.15) is 0 Å². The van der Waals surface area contributed by atoms with Crippen LogP contribution in [0, 0.1) is 0 Å². The number of ether oxygens (including phenoxy) is 1. The number of rotatable bonds is 9. The Morgan fingerprint density at radius 3 is 2.09 bits per heavy atom. The largest absolute Gasteiger partial charge is 0.494 e. The molecule has 0 heterocycles. The van der Waals surface area contributed by atoms with E-state index in [0.717, 1.165) is 10.6 Å². The molecule has 0 saturated carbocycles. The predicted molar refractivity (Wildman–Crippen MR) is 130 cm³/mol. The quantitative estimate of drug-likeness (QED) is 0.431. The molecule has 3 aromatic carbocycles.